The molecular weight excluding hydrogens is 452 g/mol. The SMILES string of the molecule is O=C1CC[C@@H](CCNCc2cc3c(cc2Cl)OCO3)N1C[C@H](c1cccnc1)N1CCCCC1. The number of piperidine rings is 1. The number of pyridine rings is 1. The Kier molecular flexibility index (Phi) is 7.52. The number of benzene rings is 1. The predicted molar refractivity (Wildman–Crippen MR) is 131 cm³/mol. The van der Waals surface area contributed by atoms with Crippen molar-refractivity contribution >= 4 is 17.5 Å². The van der Waals surface area contributed by atoms with Crippen LogP contribution in [0.3, 0.4) is 0 Å². The highest BCUT2D eigenvalue weighted by atomic mass is 35.5. The number of hydrogen-bond acceptors (Lipinski definition) is 6. The van der Waals surface area contributed by atoms with Crippen LogP contribution in [0.4, 0.5) is 0 Å². The molecule has 0 spiro atoms. The highest BCUT2D eigenvalue weighted by Gasteiger charge is 2.34. The van der Waals surface area contributed by atoms with Gasteiger partial charge in [0.2, 0.25) is 12.7 Å². The third-order valence-electron chi connectivity index (χ3n) is 7.23. The van der Waals surface area contributed by atoms with Crippen molar-refractivity contribution in [2.45, 2.75) is 57.2 Å². The van der Waals surface area contributed by atoms with Crippen LogP contribution in [0, 0.1) is 0 Å². The Morgan fingerprint density at radius 3 is 2.79 bits per heavy atom. The molecule has 2 fully saturated rings. The van der Waals surface area contributed by atoms with E-state index in [1.165, 1.54) is 24.8 Å². The third-order valence-corrected chi connectivity index (χ3v) is 7.59. The summed E-state index contributed by atoms with van der Waals surface area (Å²) in [6, 6.07) is 8.38. The van der Waals surface area contributed by atoms with Crippen molar-refractivity contribution in [3.8, 4) is 11.5 Å². The second-order valence-electron chi connectivity index (χ2n) is 9.40. The molecule has 1 amide bonds. The van der Waals surface area contributed by atoms with Gasteiger partial charge >= 0.3 is 0 Å². The van der Waals surface area contributed by atoms with Crippen LogP contribution in [0.2, 0.25) is 5.02 Å². The van der Waals surface area contributed by atoms with E-state index in [0.29, 0.717) is 23.7 Å². The number of rotatable bonds is 9. The van der Waals surface area contributed by atoms with Crippen LogP contribution < -0.4 is 14.8 Å². The fourth-order valence-corrected chi connectivity index (χ4v) is 5.57. The van der Waals surface area contributed by atoms with Crippen LogP contribution in [0.5, 0.6) is 11.5 Å². The first-order chi connectivity index (χ1) is 16.7. The van der Waals surface area contributed by atoms with Gasteiger partial charge in [0.25, 0.3) is 0 Å². The average Bonchev–Trinajstić information content (AvgIpc) is 3.47. The van der Waals surface area contributed by atoms with E-state index in [4.69, 9.17) is 21.1 Å². The maximum absolute atomic E-state index is 12.9. The first-order valence-corrected chi connectivity index (χ1v) is 12.8. The topological polar surface area (TPSA) is 66.9 Å². The molecule has 0 bridgehead atoms. The van der Waals surface area contributed by atoms with Crippen molar-refractivity contribution in [2.75, 3.05) is 33.0 Å². The predicted octanol–water partition coefficient (Wildman–Crippen LogP) is 4.16. The maximum atomic E-state index is 12.9. The lowest BCUT2D eigenvalue weighted by molar-refractivity contribution is -0.130. The summed E-state index contributed by atoms with van der Waals surface area (Å²) < 4.78 is 10.9. The molecule has 0 radical (unpaired) electrons. The number of likely N-dealkylation sites (tertiary alicyclic amines) is 2. The Morgan fingerprint density at radius 1 is 1.18 bits per heavy atom. The van der Waals surface area contributed by atoms with Gasteiger partial charge in [0.1, 0.15) is 0 Å². The molecule has 1 aromatic carbocycles. The number of amides is 1. The van der Waals surface area contributed by atoms with E-state index in [1.54, 1.807) is 0 Å². The minimum Gasteiger partial charge on any atom is -0.454 e. The Hall–Kier alpha value is -2.35. The zero-order chi connectivity index (χ0) is 23.3. The third kappa shape index (κ3) is 5.32. The molecule has 3 aliphatic rings. The van der Waals surface area contributed by atoms with Crippen molar-refractivity contribution in [1.82, 2.24) is 20.1 Å². The summed E-state index contributed by atoms with van der Waals surface area (Å²) in [6.45, 7) is 4.63. The Morgan fingerprint density at radius 2 is 2.00 bits per heavy atom. The highest BCUT2D eigenvalue weighted by Crippen LogP contribution is 2.37. The van der Waals surface area contributed by atoms with E-state index in [2.05, 4.69) is 26.2 Å². The molecule has 2 atom stereocenters. The fourth-order valence-electron chi connectivity index (χ4n) is 5.35. The molecule has 3 aliphatic heterocycles. The smallest absolute Gasteiger partial charge is 0.231 e. The van der Waals surface area contributed by atoms with Crippen LogP contribution in [-0.2, 0) is 11.3 Å². The molecule has 5 rings (SSSR count). The summed E-state index contributed by atoms with van der Waals surface area (Å²) in [6.07, 6.45) is 10.0. The molecule has 34 heavy (non-hydrogen) atoms. The van der Waals surface area contributed by atoms with Crippen LogP contribution in [-0.4, -0.2) is 59.7 Å². The summed E-state index contributed by atoms with van der Waals surface area (Å²) in [4.78, 5) is 21.9. The van der Waals surface area contributed by atoms with Gasteiger partial charge in [-0.05, 0) is 68.6 Å². The molecule has 0 aliphatic carbocycles. The molecule has 2 aromatic rings. The second-order valence-corrected chi connectivity index (χ2v) is 9.81. The highest BCUT2D eigenvalue weighted by molar-refractivity contribution is 6.31. The Balaban J connectivity index is 1.19. The normalized spacial score (nSPS) is 21.3. The van der Waals surface area contributed by atoms with Crippen molar-refractivity contribution < 1.29 is 14.3 Å². The fraction of sp³-hybridized carbons (Fsp3) is 0.538. The lowest BCUT2D eigenvalue weighted by Gasteiger charge is -2.38. The number of ether oxygens (including phenoxy) is 2. The first-order valence-electron chi connectivity index (χ1n) is 12.4. The Bertz CT molecular complexity index is 984. The minimum atomic E-state index is 0.207. The maximum Gasteiger partial charge on any atom is 0.231 e. The van der Waals surface area contributed by atoms with Crippen LogP contribution in [0.15, 0.2) is 36.7 Å². The monoisotopic (exact) mass is 484 g/mol. The molecule has 8 heteroatoms. The van der Waals surface area contributed by atoms with Gasteiger partial charge in [0.15, 0.2) is 11.5 Å². The summed E-state index contributed by atoms with van der Waals surface area (Å²) in [7, 11) is 0. The molecule has 4 heterocycles. The molecule has 2 saturated heterocycles. The van der Waals surface area contributed by atoms with Crippen molar-refractivity contribution in [1.29, 1.82) is 0 Å². The van der Waals surface area contributed by atoms with E-state index < -0.39 is 0 Å². The van der Waals surface area contributed by atoms with Crippen molar-refractivity contribution in [3.63, 3.8) is 0 Å². The number of nitrogens with one attached hydrogen (secondary N) is 1. The van der Waals surface area contributed by atoms with E-state index in [1.807, 2.05) is 30.6 Å². The van der Waals surface area contributed by atoms with Crippen molar-refractivity contribution in [2.24, 2.45) is 0 Å². The van der Waals surface area contributed by atoms with Crippen LogP contribution in [0.25, 0.3) is 0 Å². The van der Waals surface area contributed by atoms with E-state index in [-0.39, 0.29) is 24.8 Å². The Labute approximate surface area is 206 Å². The number of carbonyl (C=O) groups is 1. The van der Waals surface area contributed by atoms with Crippen molar-refractivity contribution in [3.05, 3.63) is 52.8 Å². The summed E-state index contributed by atoms with van der Waals surface area (Å²) >= 11 is 6.41. The molecule has 0 unspecified atom stereocenters. The molecular formula is C26H33ClN4O3. The summed E-state index contributed by atoms with van der Waals surface area (Å²) in [5.41, 5.74) is 2.20. The summed E-state index contributed by atoms with van der Waals surface area (Å²) in [5, 5.41) is 4.18. The van der Waals surface area contributed by atoms with Gasteiger partial charge in [0.05, 0.1) is 6.04 Å². The van der Waals surface area contributed by atoms with Gasteiger partial charge < -0.3 is 19.7 Å². The van der Waals surface area contributed by atoms with Gasteiger partial charge in [-0.3, -0.25) is 14.7 Å². The number of aromatic nitrogens is 1. The standard InChI is InChI=1S/C26H33ClN4O3/c27-22-14-25-24(33-18-34-25)13-20(22)16-29-10-8-21-6-7-26(32)31(21)17-23(19-5-4-9-28-15-19)30-11-2-1-3-12-30/h4-5,9,13-15,21,23,29H,1-3,6-8,10-12,16-18H2/t21-,23+/m0/s1. The number of carbonyl (C=O) groups excluding carboxylic acids is 1. The van der Waals surface area contributed by atoms with E-state index >= 15 is 0 Å². The van der Waals surface area contributed by atoms with Gasteiger partial charge in [-0.2, -0.15) is 0 Å². The number of fused-ring (bicyclic) bond motifs is 1. The van der Waals surface area contributed by atoms with Gasteiger partial charge in [-0.25, -0.2) is 0 Å². The van der Waals surface area contributed by atoms with Gasteiger partial charge in [-0.15, -0.1) is 0 Å². The average molecular weight is 485 g/mol. The molecule has 1 N–H and O–H groups in total. The number of halogens is 1. The molecule has 0 saturated carbocycles. The van der Waals surface area contributed by atoms with Crippen LogP contribution in [0.1, 0.15) is 55.7 Å². The summed E-state index contributed by atoms with van der Waals surface area (Å²) in [5.74, 6) is 1.72. The lowest BCUT2D eigenvalue weighted by Crippen LogP contribution is -2.44. The van der Waals surface area contributed by atoms with Gasteiger partial charge in [-0.1, -0.05) is 24.1 Å². The van der Waals surface area contributed by atoms with E-state index in [9.17, 15) is 4.79 Å². The molecule has 182 valence electrons. The van der Waals surface area contributed by atoms with Gasteiger partial charge in [0, 0.05) is 49.0 Å². The minimum absolute atomic E-state index is 0.207. The zero-order valence-corrected chi connectivity index (χ0v) is 20.3. The zero-order valence-electron chi connectivity index (χ0n) is 19.5. The lowest BCUT2D eigenvalue weighted by atomic mass is 10.0. The second kappa shape index (κ2) is 10.9. The molecule has 1 aromatic heterocycles. The molecule has 7 nitrogen and oxygen atoms in total. The number of hydrogen-bond donors (Lipinski definition) is 1. The number of nitrogens with zero attached hydrogens (tertiary/aromatic N) is 3. The van der Waals surface area contributed by atoms with E-state index in [0.717, 1.165) is 50.3 Å². The van der Waals surface area contributed by atoms with Crippen LogP contribution >= 0.6 is 11.6 Å². The largest absolute Gasteiger partial charge is 0.454 e. The first kappa shape index (κ1) is 23.4. The quantitative estimate of drug-likeness (QED) is 0.539.